The predicted octanol–water partition coefficient (Wildman–Crippen LogP) is 11.9. The summed E-state index contributed by atoms with van der Waals surface area (Å²) in [6.07, 6.45) is 14.2. The first-order chi connectivity index (χ1) is 31.5. The third-order valence-corrected chi connectivity index (χ3v) is 14.7. The van der Waals surface area contributed by atoms with E-state index in [1.807, 2.05) is 0 Å². The molecule has 10 heteroatoms. The first-order valence-corrected chi connectivity index (χ1v) is 24.7. The minimum atomic E-state index is 0.122. The van der Waals surface area contributed by atoms with Crippen LogP contribution in [0.1, 0.15) is 84.9 Å². The zero-order valence-corrected chi connectivity index (χ0v) is 39.2. The van der Waals surface area contributed by atoms with E-state index in [4.69, 9.17) is 14.5 Å². The van der Waals surface area contributed by atoms with E-state index in [-0.39, 0.29) is 12.1 Å². The molecule has 0 aliphatic carbocycles. The second-order valence-corrected chi connectivity index (χ2v) is 19.7. The van der Waals surface area contributed by atoms with Crippen LogP contribution in [0.4, 0.5) is 5.69 Å². The molecule has 64 heavy (non-hydrogen) atoms. The van der Waals surface area contributed by atoms with Crippen LogP contribution in [0.3, 0.4) is 0 Å². The van der Waals surface area contributed by atoms with Gasteiger partial charge in [0, 0.05) is 107 Å². The van der Waals surface area contributed by atoms with Crippen LogP contribution in [-0.2, 0) is 11.2 Å². The van der Waals surface area contributed by atoms with E-state index in [9.17, 15) is 0 Å². The van der Waals surface area contributed by atoms with Crippen molar-refractivity contribution in [2.24, 2.45) is 5.92 Å². The van der Waals surface area contributed by atoms with Crippen molar-refractivity contribution < 1.29 is 9.47 Å². The molecular formula is C54H52Br2N6O2. The molecule has 0 spiro atoms. The summed E-state index contributed by atoms with van der Waals surface area (Å²) in [6.45, 7) is 7.94. The molecule has 5 aliphatic heterocycles. The van der Waals surface area contributed by atoms with Crippen LogP contribution in [-0.4, -0.2) is 77.2 Å². The molecule has 0 radical (unpaired) electrons. The van der Waals surface area contributed by atoms with E-state index in [1.54, 1.807) is 0 Å². The normalized spacial score (nSPS) is 20.5. The first-order valence-electron chi connectivity index (χ1n) is 23.1. The van der Waals surface area contributed by atoms with Gasteiger partial charge in [0.25, 0.3) is 0 Å². The molecule has 0 amide bonds. The molecule has 5 aliphatic rings. The Morgan fingerprint density at radius 1 is 0.672 bits per heavy atom. The van der Waals surface area contributed by atoms with Crippen LogP contribution in [0.25, 0.3) is 44.0 Å². The average molecular weight is 977 g/mol. The van der Waals surface area contributed by atoms with Crippen molar-refractivity contribution in [1.29, 1.82) is 0 Å². The summed E-state index contributed by atoms with van der Waals surface area (Å²) in [5.74, 6) is 14.9. The van der Waals surface area contributed by atoms with Gasteiger partial charge in [-0.25, -0.2) is 4.98 Å². The molecule has 3 atom stereocenters. The van der Waals surface area contributed by atoms with E-state index in [0.29, 0.717) is 12.5 Å². The lowest BCUT2D eigenvalue weighted by atomic mass is 9.80. The van der Waals surface area contributed by atoms with Crippen LogP contribution in [0.2, 0.25) is 0 Å². The third-order valence-electron chi connectivity index (χ3n) is 13.7. The Hall–Kier alpha value is -5.07. The molecule has 0 saturated carbocycles. The number of hydrogen-bond acceptors (Lipinski definition) is 6. The molecule has 3 fully saturated rings. The number of ether oxygens (including phenoxy) is 2. The van der Waals surface area contributed by atoms with Gasteiger partial charge in [-0.2, -0.15) is 0 Å². The number of benzene rings is 4. The van der Waals surface area contributed by atoms with E-state index in [2.05, 4.69) is 166 Å². The van der Waals surface area contributed by atoms with Gasteiger partial charge in [0.2, 0.25) is 0 Å². The lowest BCUT2D eigenvalue weighted by Crippen LogP contribution is -2.29. The Labute approximate surface area is 392 Å². The molecule has 3 saturated heterocycles. The smallest absolute Gasteiger partial charge is 0.134 e. The van der Waals surface area contributed by atoms with E-state index < -0.39 is 0 Å². The molecule has 3 N–H and O–H groups in total. The van der Waals surface area contributed by atoms with Crippen molar-refractivity contribution in [3.05, 3.63) is 122 Å². The summed E-state index contributed by atoms with van der Waals surface area (Å²) < 4.78 is 14.6. The summed E-state index contributed by atoms with van der Waals surface area (Å²) in [5.41, 5.74) is 12.4. The monoisotopic (exact) mass is 974 g/mol. The number of rotatable bonds is 4. The van der Waals surface area contributed by atoms with Crippen molar-refractivity contribution in [3.63, 3.8) is 0 Å². The van der Waals surface area contributed by atoms with Gasteiger partial charge >= 0.3 is 0 Å². The fraction of sp³-hybridized carbons (Fsp3) is 0.352. The van der Waals surface area contributed by atoms with Crippen molar-refractivity contribution >= 4 is 70.3 Å². The number of halogens is 2. The number of H-pyrrole nitrogens is 2. The molecule has 8 heterocycles. The number of aromatic nitrogens is 3. The van der Waals surface area contributed by atoms with Crippen LogP contribution in [0, 0.1) is 29.6 Å². The van der Waals surface area contributed by atoms with Gasteiger partial charge in [-0.15, -0.1) is 0 Å². The molecule has 12 rings (SSSR count). The molecule has 4 aromatic carbocycles. The lowest BCUT2D eigenvalue weighted by molar-refractivity contribution is 0.0830. The van der Waals surface area contributed by atoms with Gasteiger partial charge in [-0.1, -0.05) is 68.4 Å². The van der Waals surface area contributed by atoms with Crippen molar-refractivity contribution in [2.75, 3.05) is 57.8 Å². The van der Waals surface area contributed by atoms with Crippen molar-refractivity contribution in [3.8, 4) is 40.7 Å². The fourth-order valence-corrected chi connectivity index (χ4v) is 11.2. The zero-order chi connectivity index (χ0) is 43.0. The number of nitrogens with zero attached hydrogens (tertiary/aromatic N) is 3. The maximum atomic E-state index is 6.29. The molecule has 324 valence electrons. The van der Waals surface area contributed by atoms with E-state index >= 15 is 0 Å². The highest BCUT2D eigenvalue weighted by atomic mass is 79.9. The largest absolute Gasteiger partial charge is 0.492 e. The summed E-state index contributed by atoms with van der Waals surface area (Å²) in [7, 11) is 0. The number of anilines is 1. The number of aromatic amines is 2. The van der Waals surface area contributed by atoms with E-state index in [0.717, 1.165) is 86.0 Å². The Kier molecular flexibility index (Phi) is 12.0. The Bertz CT molecular complexity index is 2990. The average Bonchev–Trinajstić information content (AvgIpc) is 4.17. The van der Waals surface area contributed by atoms with Gasteiger partial charge in [-0.05, 0) is 131 Å². The minimum absolute atomic E-state index is 0.122. The highest BCUT2D eigenvalue weighted by molar-refractivity contribution is 9.10. The first kappa shape index (κ1) is 41.6. The summed E-state index contributed by atoms with van der Waals surface area (Å²) >= 11 is 7.24. The standard InChI is InChI=1S/C27H28BrN3O.C27H24BrN3O/c2*28-19-7-9-24-21(16-19)23(17-29-24)26-20-10-14-32-27(20)22-15-18(6-8-25(22)30-26)5-4-13-31-11-2-1-3-12-31/h6-9,15-17,20,26-27,29-30H,1-3,10-14H2;6-9,15-17,29H,1-3,10-14H2/t20-,26?,27-;/m0./s1. The number of likely N-dealkylation sites (tertiary alicyclic amines) is 2. The predicted molar refractivity (Wildman–Crippen MR) is 266 cm³/mol. The minimum Gasteiger partial charge on any atom is -0.492 e. The lowest BCUT2D eigenvalue weighted by Gasteiger charge is -2.36. The number of nitrogens with one attached hydrogen (secondary N) is 3. The highest BCUT2D eigenvalue weighted by Crippen LogP contribution is 2.51. The molecule has 3 aromatic heterocycles. The highest BCUT2D eigenvalue weighted by Gasteiger charge is 2.42. The van der Waals surface area contributed by atoms with Gasteiger partial charge in [-0.3, -0.25) is 9.80 Å². The fourth-order valence-electron chi connectivity index (χ4n) is 10.5. The van der Waals surface area contributed by atoms with E-state index in [1.165, 1.54) is 103 Å². The Morgan fingerprint density at radius 3 is 2.09 bits per heavy atom. The summed E-state index contributed by atoms with van der Waals surface area (Å²) in [5, 5.41) is 7.34. The van der Waals surface area contributed by atoms with Gasteiger partial charge in [0.15, 0.2) is 0 Å². The quantitative estimate of drug-likeness (QED) is 0.153. The van der Waals surface area contributed by atoms with Gasteiger partial charge in [0.05, 0.1) is 43.1 Å². The number of piperidine rings is 2. The summed E-state index contributed by atoms with van der Waals surface area (Å²) in [4.78, 5) is 16.9. The molecule has 1 unspecified atom stereocenters. The Balaban J connectivity index is 0.000000143. The van der Waals surface area contributed by atoms with Crippen LogP contribution in [0.5, 0.6) is 5.75 Å². The maximum absolute atomic E-state index is 6.29. The number of fused-ring (bicyclic) bond motifs is 8. The zero-order valence-electron chi connectivity index (χ0n) is 36.0. The summed E-state index contributed by atoms with van der Waals surface area (Å²) in [6, 6.07) is 25.8. The van der Waals surface area contributed by atoms with Crippen LogP contribution >= 0.6 is 31.9 Å². The number of pyridine rings is 1. The second-order valence-electron chi connectivity index (χ2n) is 17.9. The molecule has 0 bridgehead atoms. The van der Waals surface area contributed by atoms with Crippen LogP contribution in [0.15, 0.2) is 94.1 Å². The molecule has 7 aromatic rings. The van der Waals surface area contributed by atoms with Crippen LogP contribution < -0.4 is 10.1 Å². The Morgan fingerprint density at radius 2 is 1.34 bits per heavy atom. The third kappa shape index (κ3) is 8.48. The maximum Gasteiger partial charge on any atom is 0.134 e. The van der Waals surface area contributed by atoms with Crippen molar-refractivity contribution in [2.45, 2.75) is 63.5 Å². The van der Waals surface area contributed by atoms with Crippen molar-refractivity contribution in [1.82, 2.24) is 24.8 Å². The molecule has 8 nitrogen and oxygen atoms in total. The topological polar surface area (TPSA) is 81.4 Å². The van der Waals surface area contributed by atoms with Gasteiger partial charge < -0.3 is 24.8 Å². The molecular weight excluding hydrogens is 924 g/mol. The number of hydrogen-bond donors (Lipinski definition) is 3. The SMILES string of the molecule is Brc1ccc2[nH]cc(-c3nc4ccc(C#CCN5CCCCC5)cc4c4c3CCO4)c2c1.Brc1ccc2[nH]cc(C3Nc4ccc(C#CCN5CCCCC5)cc4[C@H]4OCC[C@@H]34)c2c1. The second kappa shape index (κ2) is 18.4. The van der Waals surface area contributed by atoms with Gasteiger partial charge in [0.1, 0.15) is 5.75 Å².